The molecule has 0 unspecified atom stereocenters. The third-order valence-electron chi connectivity index (χ3n) is 18.5. The Hall–Kier alpha value is -12.4. The summed E-state index contributed by atoms with van der Waals surface area (Å²) in [4.78, 5) is 0. The second-order valence-corrected chi connectivity index (χ2v) is 25.0. The zero-order valence-corrected chi connectivity index (χ0v) is 53.5. The predicted molar refractivity (Wildman–Crippen MR) is 379 cm³/mol. The van der Waals surface area contributed by atoms with Crippen molar-refractivity contribution in [3.05, 3.63) is 346 Å². The van der Waals surface area contributed by atoms with E-state index in [1.165, 1.54) is 54.2 Å². The third-order valence-corrected chi connectivity index (χ3v) is 18.5. The van der Waals surface area contributed by atoms with Gasteiger partial charge in [-0.15, -0.1) is 10.2 Å². The second-order valence-electron chi connectivity index (χ2n) is 25.0. The van der Waals surface area contributed by atoms with Crippen molar-refractivity contribution in [2.75, 3.05) is 0 Å². The number of fused-ring (bicyclic) bond motifs is 12. The molecule has 1 aliphatic rings. The minimum atomic E-state index is 0.129. The van der Waals surface area contributed by atoms with Gasteiger partial charge in [0.1, 0.15) is 72.2 Å². The molecule has 4 aromatic heterocycles. The predicted octanol–water partition coefficient (Wildman–Crippen LogP) is 17.9. The van der Waals surface area contributed by atoms with Gasteiger partial charge in [-0.05, 0) is 111 Å². The average Bonchev–Trinajstić information content (AvgIpc) is 1.14. The molecule has 12 aromatic carbocycles. The van der Waals surface area contributed by atoms with E-state index in [1.807, 2.05) is 94.6 Å². The Morgan fingerprint density at radius 3 is 0.929 bits per heavy atom. The molecule has 1 aliphatic carbocycles. The molecular weight excluding hydrogens is 1220 g/mol. The maximum Gasteiger partial charge on any atom is 0.174 e. The second kappa shape index (κ2) is 26.4. The Balaban J connectivity index is 0.748. The summed E-state index contributed by atoms with van der Waals surface area (Å²) in [7, 11) is 0. The lowest BCUT2D eigenvalue weighted by Crippen LogP contribution is -2.09. The van der Waals surface area contributed by atoms with Gasteiger partial charge < -0.3 is 28.0 Å². The van der Waals surface area contributed by atoms with E-state index in [0.717, 1.165) is 90.0 Å². The van der Waals surface area contributed by atoms with E-state index < -0.39 is 0 Å². The molecule has 14 nitrogen and oxygen atoms in total. The number of hydrogen-bond acceptors (Lipinski definition) is 12. The van der Waals surface area contributed by atoms with Crippen molar-refractivity contribution in [3.8, 4) is 45.5 Å². The molecule has 98 heavy (non-hydrogen) atoms. The quantitative estimate of drug-likeness (QED) is 0.0752. The first-order valence-electron chi connectivity index (χ1n) is 33.0. The summed E-state index contributed by atoms with van der Waals surface area (Å²) >= 11 is 0. The maximum absolute atomic E-state index is 7.18. The van der Waals surface area contributed by atoms with Crippen LogP contribution < -0.4 is 18.9 Å². The van der Waals surface area contributed by atoms with Crippen LogP contribution in [0.1, 0.15) is 78.5 Å². The highest BCUT2D eigenvalue weighted by Gasteiger charge is 2.25. The molecule has 8 bridgehead atoms. The lowest BCUT2D eigenvalue weighted by molar-refractivity contribution is 0.245. The molecule has 0 aliphatic heterocycles. The number of benzene rings is 12. The molecule has 0 fully saturated rings. The van der Waals surface area contributed by atoms with Crippen molar-refractivity contribution < 1.29 is 28.0 Å². The van der Waals surface area contributed by atoms with E-state index in [9.17, 15) is 0 Å². The molecule has 0 N–H and O–H groups in total. The van der Waals surface area contributed by atoms with Gasteiger partial charge in [-0.25, -0.2) is 9.36 Å². The average molecular weight is 1280 g/mol. The standard InChI is InChI=1S/C84H64N8O6/c1-3-19-55(20-4-1)79-45-71(97-87-79)53-95-83-65-31-17-32-66(83)42-62-28-16-30-64(82(62)94-52-70-48-92(90-86-70)50-78-75-37-13-9-25-59(75)40-60-26-10-14-38-76(60)78)44-68-34-18-33-67(84(68)96-54-72-46-80(88-98-72)56-21-5-2-6-22-56)43-63-29-15-27-61(41-65)81(63)93-51-69-47-91(89-85-69)49-77-73-35-11-7-23-57(73)39-58-24-8-12-36-74(58)77/h1-40,45-48H,41-44,49-54H2. The van der Waals surface area contributed by atoms with Crippen LogP contribution in [0, 0.1) is 0 Å². The van der Waals surface area contributed by atoms with Crippen molar-refractivity contribution in [3.63, 3.8) is 0 Å². The summed E-state index contributed by atoms with van der Waals surface area (Å²) in [6.45, 7) is 1.64. The smallest absolute Gasteiger partial charge is 0.174 e. The Labute approximate surface area is 564 Å². The van der Waals surface area contributed by atoms with Crippen molar-refractivity contribution >= 4 is 43.1 Å². The van der Waals surface area contributed by atoms with Gasteiger partial charge in [-0.2, -0.15) is 0 Å². The van der Waals surface area contributed by atoms with Crippen LogP contribution in [0.5, 0.6) is 23.0 Å². The van der Waals surface area contributed by atoms with Gasteiger partial charge in [0.2, 0.25) is 0 Å². The number of nitrogens with zero attached hydrogens (tertiary/aromatic N) is 8. The van der Waals surface area contributed by atoms with Gasteiger partial charge in [0.15, 0.2) is 11.5 Å². The van der Waals surface area contributed by atoms with E-state index in [4.69, 9.17) is 48.6 Å². The minimum Gasteiger partial charge on any atom is -0.487 e. The van der Waals surface area contributed by atoms with Crippen LogP contribution in [-0.2, 0) is 65.2 Å². The summed E-state index contributed by atoms with van der Waals surface area (Å²) in [6.07, 6.45) is 5.78. The van der Waals surface area contributed by atoms with Crippen molar-refractivity contribution in [2.24, 2.45) is 0 Å². The highest BCUT2D eigenvalue weighted by Crippen LogP contribution is 2.41. The normalized spacial score (nSPS) is 12.2. The zero-order valence-electron chi connectivity index (χ0n) is 53.5. The van der Waals surface area contributed by atoms with E-state index >= 15 is 0 Å². The number of aromatic nitrogens is 8. The van der Waals surface area contributed by atoms with Crippen LogP contribution >= 0.6 is 0 Å². The van der Waals surface area contributed by atoms with Crippen molar-refractivity contribution in [1.29, 1.82) is 0 Å². The minimum absolute atomic E-state index is 0.129. The fourth-order valence-electron chi connectivity index (χ4n) is 13.9. The van der Waals surface area contributed by atoms with Crippen molar-refractivity contribution in [1.82, 2.24) is 40.3 Å². The molecule has 0 saturated heterocycles. The summed E-state index contributed by atoms with van der Waals surface area (Å²) in [5.74, 6) is 4.09. The molecule has 0 amide bonds. The van der Waals surface area contributed by atoms with E-state index in [2.05, 4.69) is 192 Å². The van der Waals surface area contributed by atoms with E-state index in [-0.39, 0.29) is 26.4 Å². The molecule has 14 heteroatoms. The molecule has 0 spiro atoms. The summed E-state index contributed by atoms with van der Waals surface area (Å²) in [6, 6.07) is 88.1. The van der Waals surface area contributed by atoms with Crippen LogP contribution in [0.15, 0.2) is 276 Å². The van der Waals surface area contributed by atoms with Gasteiger partial charge in [-0.1, -0.05) is 251 Å². The molecule has 17 rings (SSSR count). The van der Waals surface area contributed by atoms with Crippen LogP contribution in [-0.4, -0.2) is 40.3 Å². The van der Waals surface area contributed by atoms with E-state index in [0.29, 0.717) is 61.7 Å². The molecule has 0 atom stereocenters. The number of rotatable bonds is 18. The summed E-state index contributed by atoms with van der Waals surface area (Å²) in [5, 5.41) is 37.3. The van der Waals surface area contributed by atoms with Crippen LogP contribution in [0.25, 0.3) is 65.6 Å². The number of hydrogen-bond donors (Lipinski definition) is 0. The SMILES string of the molecule is c1ccc(-c2cc(COc3c4cccc3Cc3cccc(c3OCc3cn(Cc5c6ccccc6cc6ccccc56)nn3)Cc3cccc(c3OCc3cc(-c5ccccc5)no3)Cc3cccc(c3OCc3cn(Cc5c6ccccc6cc6ccccc56)nn3)C4)on2)cc1. The molecule has 0 radical (unpaired) electrons. The summed E-state index contributed by atoms with van der Waals surface area (Å²) in [5.41, 5.74) is 14.8. The van der Waals surface area contributed by atoms with Gasteiger partial charge >= 0.3 is 0 Å². The Bertz CT molecular complexity index is 5040. The Kier molecular flexibility index (Phi) is 16.0. The van der Waals surface area contributed by atoms with Crippen molar-refractivity contribution in [2.45, 2.75) is 65.2 Å². The number of para-hydroxylation sites is 4. The first-order valence-corrected chi connectivity index (χ1v) is 33.0. The first kappa shape index (κ1) is 59.3. The van der Waals surface area contributed by atoms with E-state index in [1.54, 1.807) is 0 Å². The molecule has 476 valence electrons. The van der Waals surface area contributed by atoms with Gasteiger partial charge in [-0.3, -0.25) is 0 Å². The molecule has 0 saturated carbocycles. The maximum atomic E-state index is 7.18. The Morgan fingerprint density at radius 1 is 0.306 bits per heavy atom. The highest BCUT2D eigenvalue weighted by atomic mass is 16.5. The Morgan fingerprint density at radius 2 is 0.602 bits per heavy atom. The fraction of sp³-hybridized carbons (Fsp3) is 0.119. The van der Waals surface area contributed by atoms with Crippen LogP contribution in [0.2, 0.25) is 0 Å². The van der Waals surface area contributed by atoms with Gasteiger partial charge in [0.25, 0.3) is 0 Å². The highest BCUT2D eigenvalue weighted by molar-refractivity contribution is 6.03. The first-order chi connectivity index (χ1) is 48.5. The largest absolute Gasteiger partial charge is 0.487 e. The summed E-state index contributed by atoms with van der Waals surface area (Å²) < 4.78 is 44.4. The van der Waals surface area contributed by atoms with Crippen LogP contribution in [0.4, 0.5) is 0 Å². The fourth-order valence-corrected chi connectivity index (χ4v) is 13.9. The number of ether oxygens (including phenoxy) is 4. The van der Waals surface area contributed by atoms with Gasteiger partial charge in [0, 0.05) is 48.9 Å². The molecular formula is C84H64N8O6. The van der Waals surface area contributed by atoms with Gasteiger partial charge in [0.05, 0.1) is 25.5 Å². The topological polar surface area (TPSA) is 150 Å². The zero-order chi connectivity index (χ0) is 65.1. The van der Waals surface area contributed by atoms with Crippen LogP contribution in [0.3, 0.4) is 0 Å². The molecule has 4 heterocycles. The lowest BCUT2D eigenvalue weighted by atomic mass is 9.91. The molecule has 16 aromatic rings. The third kappa shape index (κ3) is 12.3. The monoisotopic (exact) mass is 1280 g/mol. The lowest BCUT2D eigenvalue weighted by Gasteiger charge is -2.22.